The van der Waals surface area contributed by atoms with Crippen molar-refractivity contribution in [1.29, 1.82) is 0 Å². The summed E-state index contributed by atoms with van der Waals surface area (Å²) in [6, 6.07) is 3.98. The maximum atomic E-state index is 12.1. The average Bonchev–Trinajstić information content (AvgIpc) is 2.92. The molecule has 18 heavy (non-hydrogen) atoms. The van der Waals surface area contributed by atoms with Gasteiger partial charge >= 0.3 is 0 Å². The van der Waals surface area contributed by atoms with Crippen molar-refractivity contribution in [2.75, 3.05) is 0 Å². The van der Waals surface area contributed by atoms with E-state index in [1.165, 1.54) is 0 Å². The highest BCUT2D eigenvalue weighted by Gasteiger charge is 2.15. The zero-order valence-corrected chi connectivity index (χ0v) is 12.8. The predicted octanol–water partition coefficient (Wildman–Crippen LogP) is 3.39. The smallest absolute Gasteiger partial charge is 0.144 e. The summed E-state index contributed by atoms with van der Waals surface area (Å²) in [5.41, 5.74) is 1.92. The molecule has 2 rings (SSSR count). The highest BCUT2D eigenvalue weighted by Crippen LogP contribution is 2.22. The maximum Gasteiger partial charge on any atom is 0.144 e. The lowest BCUT2D eigenvalue weighted by Crippen LogP contribution is -2.11. The minimum absolute atomic E-state index is 0.229. The Hall–Kier alpha value is -0.940. The fourth-order valence-electron chi connectivity index (χ4n) is 1.89. The van der Waals surface area contributed by atoms with Crippen LogP contribution in [-0.4, -0.2) is 15.6 Å². The van der Waals surface area contributed by atoms with Gasteiger partial charge in [-0.3, -0.25) is 9.48 Å². The zero-order valence-electron chi connectivity index (χ0n) is 10.4. The van der Waals surface area contributed by atoms with Crippen molar-refractivity contribution in [3.05, 3.63) is 38.3 Å². The summed E-state index contributed by atoms with van der Waals surface area (Å²) < 4.78 is 2.86. The van der Waals surface area contributed by atoms with E-state index >= 15 is 0 Å². The highest BCUT2D eigenvalue weighted by molar-refractivity contribution is 9.10. The largest absolute Gasteiger partial charge is 0.299 e. The maximum absolute atomic E-state index is 12.1. The van der Waals surface area contributed by atoms with E-state index in [1.54, 1.807) is 11.3 Å². The number of nitrogens with zero attached hydrogens (tertiary/aromatic N) is 2. The van der Waals surface area contributed by atoms with Crippen molar-refractivity contribution >= 4 is 33.0 Å². The number of rotatable bonds is 5. The van der Waals surface area contributed by atoms with E-state index in [0.717, 1.165) is 27.3 Å². The Morgan fingerprint density at radius 1 is 1.50 bits per heavy atom. The van der Waals surface area contributed by atoms with E-state index in [2.05, 4.69) is 21.0 Å². The average molecular weight is 327 g/mol. The van der Waals surface area contributed by atoms with Gasteiger partial charge in [-0.15, -0.1) is 11.3 Å². The molecule has 0 aromatic carbocycles. The van der Waals surface area contributed by atoms with Crippen LogP contribution < -0.4 is 0 Å². The van der Waals surface area contributed by atoms with Crippen molar-refractivity contribution in [3.63, 3.8) is 0 Å². The molecule has 0 aliphatic rings. The van der Waals surface area contributed by atoms with Crippen LogP contribution in [0.4, 0.5) is 0 Å². The fraction of sp³-hybridized carbons (Fsp3) is 0.385. The number of carbonyl (C=O) groups is 1. The number of hydrogen-bond donors (Lipinski definition) is 0. The molecule has 0 amide bonds. The lowest BCUT2D eigenvalue weighted by molar-refractivity contribution is -0.117. The molecule has 96 valence electrons. The first kappa shape index (κ1) is 13.5. The van der Waals surface area contributed by atoms with Crippen molar-refractivity contribution in [3.8, 4) is 0 Å². The van der Waals surface area contributed by atoms with Gasteiger partial charge in [0.15, 0.2) is 0 Å². The number of aromatic nitrogens is 2. The van der Waals surface area contributed by atoms with Gasteiger partial charge in [0.05, 0.1) is 15.9 Å². The lowest BCUT2D eigenvalue weighted by atomic mass is 10.1. The number of halogens is 1. The molecule has 0 spiro atoms. The van der Waals surface area contributed by atoms with Crippen LogP contribution in [0.25, 0.3) is 0 Å². The standard InChI is InChI=1S/C13H15BrN2OS/c1-3-16-12(13(14)9(2)15-16)8-10(17)7-11-5-4-6-18-11/h4-6H,3,7-8H2,1-2H3. The molecule has 0 fully saturated rings. The number of ketones is 1. The molecule has 0 saturated heterocycles. The van der Waals surface area contributed by atoms with Gasteiger partial charge in [0.25, 0.3) is 0 Å². The first-order valence-corrected chi connectivity index (χ1v) is 7.55. The van der Waals surface area contributed by atoms with Gasteiger partial charge in [-0.1, -0.05) is 6.07 Å². The summed E-state index contributed by atoms with van der Waals surface area (Å²) in [6.07, 6.45) is 0.950. The van der Waals surface area contributed by atoms with Gasteiger partial charge in [0.2, 0.25) is 0 Å². The van der Waals surface area contributed by atoms with Crippen molar-refractivity contribution in [2.45, 2.75) is 33.2 Å². The van der Waals surface area contributed by atoms with Crippen LogP contribution in [-0.2, 0) is 24.2 Å². The van der Waals surface area contributed by atoms with Gasteiger partial charge in [-0.05, 0) is 41.2 Å². The third kappa shape index (κ3) is 2.90. The van der Waals surface area contributed by atoms with Crippen LogP contribution in [0.15, 0.2) is 22.0 Å². The minimum Gasteiger partial charge on any atom is -0.299 e. The number of aryl methyl sites for hydroxylation is 2. The fourth-order valence-corrected chi connectivity index (χ4v) is 3.05. The number of Topliss-reactive ketones (excluding diaryl/α,β-unsaturated/α-hetero) is 1. The van der Waals surface area contributed by atoms with Gasteiger partial charge in [0, 0.05) is 24.3 Å². The molecule has 0 aliphatic carbocycles. The Labute approximate surface area is 119 Å². The monoisotopic (exact) mass is 326 g/mol. The second-order valence-corrected chi connectivity index (χ2v) is 5.96. The summed E-state index contributed by atoms with van der Waals surface area (Å²) >= 11 is 5.14. The molecule has 5 heteroatoms. The Balaban J connectivity index is 2.11. The van der Waals surface area contributed by atoms with E-state index in [4.69, 9.17) is 0 Å². The third-order valence-corrected chi connectivity index (χ3v) is 4.68. The summed E-state index contributed by atoms with van der Waals surface area (Å²) in [6.45, 7) is 4.77. The van der Waals surface area contributed by atoms with Crippen LogP contribution in [0.2, 0.25) is 0 Å². The SMILES string of the molecule is CCn1nc(C)c(Br)c1CC(=O)Cc1cccs1. The van der Waals surface area contributed by atoms with Gasteiger partial charge in [-0.2, -0.15) is 5.10 Å². The highest BCUT2D eigenvalue weighted by atomic mass is 79.9. The molecule has 0 saturated carbocycles. The van der Waals surface area contributed by atoms with E-state index in [9.17, 15) is 4.79 Å². The van der Waals surface area contributed by atoms with Gasteiger partial charge in [0.1, 0.15) is 5.78 Å². The van der Waals surface area contributed by atoms with Crippen LogP contribution in [0.3, 0.4) is 0 Å². The summed E-state index contributed by atoms with van der Waals surface area (Å²) in [7, 11) is 0. The number of hydrogen-bond acceptors (Lipinski definition) is 3. The van der Waals surface area contributed by atoms with E-state index in [0.29, 0.717) is 12.8 Å². The second kappa shape index (κ2) is 5.80. The Morgan fingerprint density at radius 2 is 2.28 bits per heavy atom. The Bertz CT molecular complexity index is 546. The molecule has 0 unspecified atom stereocenters. The zero-order chi connectivity index (χ0) is 13.1. The third-order valence-electron chi connectivity index (χ3n) is 2.77. The van der Waals surface area contributed by atoms with Crippen LogP contribution >= 0.6 is 27.3 Å². The first-order chi connectivity index (χ1) is 8.61. The lowest BCUT2D eigenvalue weighted by Gasteiger charge is -2.04. The molecular weight excluding hydrogens is 312 g/mol. The minimum atomic E-state index is 0.229. The second-order valence-electron chi connectivity index (χ2n) is 4.13. The Kier molecular flexibility index (Phi) is 4.35. The van der Waals surface area contributed by atoms with Gasteiger partial charge in [-0.25, -0.2) is 0 Å². The van der Waals surface area contributed by atoms with Crippen molar-refractivity contribution < 1.29 is 4.79 Å². The van der Waals surface area contributed by atoms with E-state index < -0.39 is 0 Å². The number of thiophene rings is 1. The molecule has 0 bridgehead atoms. The molecule has 0 radical (unpaired) electrons. The quantitative estimate of drug-likeness (QED) is 0.844. The van der Waals surface area contributed by atoms with Crippen molar-refractivity contribution in [2.24, 2.45) is 0 Å². The van der Waals surface area contributed by atoms with Gasteiger partial charge < -0.3 is 0 Å². The molecule has 0 atom stereocenters. The summed E-state index contributed by atoms with van der Waals surface area (Å²) in [5.74, 6) is 0.229. The predicted molar refractivity (Wildman–Crippen MR) is 77.1 cm³/mol. The molecule has 2 aromatic heterocycles. The Morgan fingerprint density at radius 3 is 2.89 bits per heavy atom. The summed E-state index contributed by atoms with van der Waals surface area (Å²) in [4.78, 5) is 13.2. The molecule has 3 nitrogen and oxygen atoms in total. The topological polar surface area (TPSA) is 34.9 Å². The van der Waals surface area contributed by atoms with E-state index in [1.807, 2.05) is 36.0 Å². The van der Waals surface area contributed by atoms with E-state index in [-0.39, 0.29) is 5.78 Å². The normalized spacial score (nSPS) is 10.8. The van der Waals surface area contributed by atoms with Crippen LogP contribution in [0.1, 0.15) is 23.2 Å². The molecule has 0 N–H and O–H groups in total. The summed E-state index contributed by atoms with van der Waals surface area (Å²) in [5, 5.41) is 6.40. The van der Waals surface area contributed by atoms with Crippen LogP contribution in [0, 0.1) is 6.92 Å². The molecule has 2 heterocycles. The molecular formula is C13H15BrN2OS. The first-order valence-electron chi connectivity index (χ1n) is 5.87. The van der Waals surface area contributed by atoms with Crippen LogP contribution in [0.5, 0.6) is 0 Å². The molecule has 0 aliphatic heterocycles. The number of carbonyl (C=O) groups excluding carboxylic acids is 1. The van der Waals surface area contributed by atoms with Crippen molar-refractivity contribution in [1.82, 2.24) is 9.78 Å². The molecule has 2 aromatic rings.